The zero-order valence-electron chi connectivity index (χ0n) is 14.7. The molecule has 0 unspecified atom stereocenters. The molecule has 3 rings (SSSR count). The summed E-state index contributed by atoms with van der Waals surface area (Å²) >= 11 is 6.77. The van der Waals surface area contributed by atoms with E-state index in [2.05, 4.69) is 15.4 Å². The molecule has 5 nitrogen and oxygen atoms in total. The first-order valence-electron chi connectivity index (χ1n) is 8.25. The number of halogens is 2. The number of benzene rings is 1. The fourth-order valence-electron chi connectivity index (χ4n) is 3.01. The van der Waals surface area contributed by atoms with Crippen molar-refractivity contribution in [1.82, 2.24) is 0 Å². The van der Waals surface area contributed by atoms with Gasteiger partial charge in [-0.15, -0.1) is 11.3 Å². The van der Waals surface area contributed by atoms with Crippen LogP contribution in [0.25, 0.3) is 0 Å². The van der Waals surface area contributed by atoms with Crippen molar-refractivity contribution in [3.63, 3.8) is 0 Å². The molecule has 0 fully saturated rings. The predicted octanol–water partition coefficient (Wildman–Crippen LogP) is 4.74. The van der Waals surface area contributed by atoms with E-state index in [9.17, 15) is 13.6 Å². The van der Waals surface area contributed by atoms with Crippen LogP contribution in [0.2, 0.25) is 0 Å². The van der Waals surface area contributed by atoms with Crippen molar-refractivity contribution in [3.05, 3.63) is 39.8 Å². The monoisotopic (exact) mass is 412 g/mol. The lowest BCUT2D eigenvalue weighted by Gasteiger charge is -2.15. The van der Waals surface area contributed by atoms with Crippen molar-refractivity contribution in [3.8, 4) is 5.75 Å². The number of aryl methyl sites for hydroxylation is 2. The second-order valence-electron chi connectivity index (χ2n) is 6.01. The van der Waals surface area contributed by atoms with Crippen LogP contribution in [-0.4, -0.2) is 24.8 Å². The van der Waals surface area contributed by atoms with Crippen molar-refractivity contribution in [2.75, 3.05) is 17.7 Å². The topological polar surface area (TPSA) is 59.6 Å². The summed E-state index contributed by atoms with van der Waals surface area (Å²) in [6, 6.07) is 4.77. The number of anilines is 2. The highest BCUT2D eigenvalue weighted by atomic mass is 32.1. The number of nitrogens with one attached hydrogen (secondary N) is 2. The van der Waals surface area contributed by atoms with Crippen molar-refractivity contribution < 1.29 is 23.0 Å². The Morgan fingerprint density at radius 2 is 2.07 bits per heavy atom. The molecule has 9 heteroatoms. The van der Waals surface area contributed by atoms with Gasteiger partial charge >= 0.3 is 12.6 Å². The molecule has 1 aliphatic rings. The molecule has 0 amide bonds. The van der Waals surface area contributed by atoms with Crippen molar-refractivity contribution in [2.45, 2.75) is 32.8 Å². The van der Waals surface area contributed by atoms with Crippen molar-refractivity contribution in [1.29, 1.82) is 0 Å². The van der Waals surface area contributed by atoms with Crippen LogP contribution in [0.5, 0.6) is 5.75 Å². The summed E-state index contributed by atoms with van der Waals surface area (Å²) in [5, 5.41) is 6.63. The third kappa shape index (κ3) is 4.36. The van der Waals surface area contributed by atoms with Crippen LogP contribution in [-0.2, 0) is 17.6 Å². The minimum Gasteiger partial charge on any atom is -0.465 e. The van der Waals surface area contributed by atoms with E-state index >= 15 is 0 Å². The van der Waals surface area contributed by atoms with E-state index in [1.165, 1.54) is 24.5 Å². The molecule has 0 saturated carbocycles. The number of esters is 1. The number of thiophene rings is 1. The number of methoxy groups -OCH3 is 1. The number of ether oxygens (including phenoxy) is 2. The van der Waals surface area contributed by atoms with Crippen molar-refractivity contribution >= 4 is 45.3 Å². The quantitative estimate of drug-likeness (QED) is 0.546. The van der Waals surface area contributed by atoms with Crippen LogP contribution in [0.3, 0.4) is 0 Å². The van der Waals surface area contributed by atoms with Gasteiger partial charge in [-0.2, -0.15) is 8.78 Å². The Labute approximate surface area is 164 Å². The molecule has 1 aromatic carbocycles. The first-order valence-corrected chi connectivity index (χ1v) is 9.48. The average molecular weight is 412 g/mol. The Balaban J connectivity index is 1.81. The smallest absolute Gasteiger partial charge is 0.387 e. The van der Waals surface area contributed by atoms with E-state index in [1.807, 2.05) is 6.92 Å². The van der Waals surface area contributed by atoms with E-state index in [1.54, 1.807) is 12.1 Å². The van der Waals surface area contributed by atoms with Crippen LogP contribution in [0.15, 0.2) is 18.2 Å². The highest BCUT2D eigenvalue weighted by Crippen LogP contribution is 2.39. The van der Waals surface area contributed by atoms with Gasteiger partial charge in [-0.25, -0.2) is 4.79 Å². The molecular formula is C18H18F2N2O3S2. The van der Waals surface area contributed by atoms with E-state index in [4.69, 9.17) is 17.0 Å². The summed E-state index contributed by atoms with van der Waals surface area (Å²) < 4.78 is 34.6. The Kier molecular flexibility index (Phi) is 5.91. The first-order chi connectivity index (χ1) is 12.9. The summed E-state index contributed by atoms with van der Waals surface area (Å²) in [5.74, 6) is -0.432. The maximum atomic E-state index is 12.6. The van der Waals surface area contributed by atoms with E-state index in [0.717, 1.165) is 35.3 Å². The van der Waals surface area contributed by atoms with Crippen LogP contribution in [0.1, 0.15) is 32.8 Å². The molecule has 0 spiro atoms. The Morgan fingerprint density at radius 3 is 2.78 bits per heavy atom. The standard InChI is InChI=1S/C18H18F2N2O3S2/c1-9-6-7-12(25-17(19)20)11(8-9)21-18(26)22-15-14(16(23)24-2)10-4-3-5-13(10)27-15/h6-8,17H,3-5H2,1-2H3,(H2,21,22,26). The molecule has 144 valence electrons. The van der Waals surface area contributed by atoms with Gasteiger partial charge < -0.3 is 20.1 Å². The summed E-state index contributed by atoms with van der Waals surface area (Å²) in [6.45, 7) is -1.12. The summed E-state index contributed by atoms with van der Waals surface area (Å²) in [4.78, 5) is 13.3. The molecular weight excluding hydrogens is 394 g/mol. The number of carbonyl (C=O) groups excluding carboxylic acids is 1. The molecule has 27 heavy (non-hydrogen) atoms. The van der Waals surface area contributed by atoms with Gasteiger partial charge in [0.15, 0.2) is 5.11 Å². The third-order valence-corrected chi connectivity index (χ3v) is 5.55. The minimum atomic E-state index is -2.94. The lowest BCUT2D eigenvalue weighted by molar-refractivity contribution is -0.0493. The largest absolute Gasteiger partial charge is 0.465 e. The fraction of sp³-hybridized carbons (Fsp3) is 0.333. The normalized spacial score (nSPS) is 12.6. The molecule has 1 aromatic heterocycles. The number of carbonyl (C=O) groups is 1. The van der Waals surface area contributed by atoms with Crippen LogP contribution in [0.4, 0.5) is 19.5 Å². The summed E-state index contributed by atoms with van der Waals surface area (Å²) in [5.41, 5.74) is 2.66. The van der Waals surface area contributed by atoms with Gasteiger partial charge in [-0.05, 0) is 61.7 Å². The Bertz CT molecular complexity index is 884. The van der Waals surface area contributed by atoms with E-state index in [0.29, 0.717) is 16.3 Å². The highest BCUT2D eigenvalue weighted by molar-refractivity contribution is 7.80. The van der Waals surface area contributed by atoms with Crippen molar-refractivity contribution in [2.24, 2.45) is 0 Å². The lowest BCUT2D eigenvalue weighted by atomic mass is 10.1. The Hall–Kier alpha value is -2.26. The van der Waals surface area contributed by atoms with Gasteiger partial charge in [0, 0.05) is 4.88 Å². The van der Waals surface area contributed by atoms with Crippen LogP contribution < -0.4 is 15.4 Å². The fourth-order valence-corrected chi connectivity index (χ4v) is 4.57. The second-order valence-corrected chi connectivity index (χ2v) is 7.52. The summed E-state index contributed by atoms with van der Waals surface area (Å²) in [6.07, 6.45) is 2.74. The maximum absolute atomic E-state index is 12.6. The van der Waals surface area contributed by atoms with E-state index < -0.39 is 12.6 Å². The third-order valence-electron chi connectivity index (χ3n) is 4.14. The molecule has 2 N–H and O–H groups in total. The molecule has 0 atom stereocenters. The highest BCUT2D eigenvalue weighted by Gasteiger charge is 2.27. The molecule has 0 aliphatic heterocycles. The van der Waals surface area contributed by atoms with Gasteiger partial charge in [0.25, 0.3) is 0 Å². The van der Waals surface area contributed by atoms with Gasteiger partial charge in [-0.3, -0.25) is 0 Å². The molecule has 0 bridgehead atoms. The molecule has 2 aromatic rings. The minimum absolute atomic E-state index is 0.0124. The molecule has 0 saturated heterocycles. The van der Waals surface area contributed by atoms with Gasteiger partial charge in [-0.1, -0.05) is 6.07 Å². The number of rotatable bonds is 5. The SMILES string of the molecule is COC(=O)c1c(NC(=S)Nc2cc(C)ccc2OC(F)F)sc2c1CCC2. The number of alkyl halides is 2. The van der Waals surface area contributed by atoms with Gasteiger partial charge in [0.1, 0.15) is 10.8 Å². The first kappa shape index (κ1) is 19.5. The van der Waals surface area contributed by atoms with E-state index in [-0.39, 0.29) is 10.9 Å². The van der Waals surface area contributed by atoms with Gasteiger partial charge in [0.05, 0.1) is 18.4 Å². The lowest BCUT2D eigenvalue weighted by Crippen LogP contribution is -2.21. The molecule has 0 radical (unpaired) electrons. The van der Waals surface area contributed by atoms with Gasteiger partial charge in [0.2, 0.25) is 0 Å². The number of hydrogen-bond donors (Lipinski definition) is 2. The number of thiocarbonyl (C=S) groups is 1. The predicted molar refractivity (Wildman–Crippen MR) is 105 cm³/mol. The molecule has 1 aliphatic carbocycles. The number of fused-ring (bicyclic) bond motifs is 1. The zero-order chi connectivity index (χ0) is 19.6. The van der Waals surface area contributed by atoms with Crippen LogP contribution >= 0.6 is 23.6 Å². The Morgan fingerprint density at radius 1 is 1.30 bits per heavy atom. The average Bonchev–Trinajstić information content (AvgIpc) is 3.17. The summed E-state index contributed by atoms with van der Waals surface area (Å²) in [7, 11) is 1.34. The number of hydrogen-bond acceptors (Lipinski definition) is 5. The van der Waals surface area contributed by atoms with Crippen LogP contribution in [0, 0.1) is 6.92 Å². The maximum Gasteiger partial charge on any atom is 0.387 e. The zero-order valence-corrected chi connectivity index (χ0v) is 16.4. The second kappa shape index (κ2) is 8.18. The molecule has 1 heterocycles.